The molecule has 0 N–H and O–H groups in total. The number of aromatic nitrogens is 1. The zero-order valence-electron chi connectivity index (χ0n) is 6.36. The molecule has 2 aromatic rings. The first-order valence-electron chi connectivity index (χ1n) is 3.47. The van der Waals surface area contributed by atoms with Gasteiger partial charge in [0.2, 0.25) is 5.76 Å². The number of furan rings is 1. The van der Waals surface area contributed by atoms with Crippen LogP contribution in [0.3, 0.4) is 0 Å². The lowest BCUT2D eigenvalue weighted by Gasteiger charge is -1.87. The van der Waals surface area contributed by atoms with Gasteiger partial charge in [0.1, 0.15) is 0 Å². The van der Waals surface area contributed by atoms with E-state index in [-0.39, 0.29) is 5.22 Å². The van der Waals surface area contributed by atoms with Gasteiger partial charge in [0.25, 0.3) is 0 Å². The summed E-state index contributed by atoms with van der Waals surface area (Å²) in [5, 5.41) is 3.71. The molecule has 0 aromatic carbocycles. The van der Waals surface area contributed by atoms with Crippen molar-refractivity contribution in [3.8, 4) is 11.5 Å². The third-order valence-corrected chi connectivity index (χ3v) is 1.73. The fraction of sp³-hybridized carbons (Fsp3) is 0. The highest BCUT2D eigenvalue weighted by atomic mass is 35.5. The first-order valence-corrected chi connectivity index (χ1v) is 3.84. The number of carbonyl (C=O) groups excluding carboxylic acids is 1. The van der Waals surface area contributed by atoms with Gasteiger partial charge in [0.15, 0.2) is 17.3 Å². The Balaban J connectivity index is 2.51. The van der Waals surface area contributed by atoms with Gasteiger partial charge >= 0.3 is 0 Å². The molecule has 2 heterocycles. The van der Waals surface area contributed by atoms with Crippen LogP contribution in [0.1, 0.15) is 10.4 Å². The molecule has 5 heteroatoms. The maximum absolute atomic E-state index is 10.5. The summed E-state index contributed by atoms with van der Waals surface area (Å²) >= 11 is 5.56. The highest BCUT2D eigenvalue weighted by molar-refractivity contribution is 6.29. The van der Waals surface area contributed by atoms with E-state index in [1.165, 1.54) is 6.20 Å². The summed E-state index contributed by atoms with van der Waals surface area (Å²) in [6, 6.07) is 3.17. The van der Waals surface area contributed by atoms with Crippen LogP contribution < -0.4 is 0 Å². The Morgan fingerprint density at radius 2 is 2.31 bits per heavy atom. The van der Waals surface area contributed by atoms with Gasteiger partial charge in [-0.1, -0.05) is 5.16 Å². The Bertz CT molecular complexity index is 432. The van der Waals surface area contributed by atoms with Gasteiger partial charge in [-0.25, -0.2) is 0 Å². The molecule has 0 radical (unpaired) electrons. The number of nitrogens with zero attached hydrogens (tertiary/aromatic N) is 1. The van der Waals surface area contributed by atoms with Crippen LogP contribution in [0, 0.1) is 0 Å². The smallest absolute Gasteiger partial charge is 0.212 e. The lowest BCUT2D eigenvalue weighted by Crippen LogP contribution is -1.77. The van der Waals surface area contributed by atoms with Crippen LogP contribution in [0.25, 0.3) is 11.5 Å². The Hall–Kier alpha value is -1.55. The average molecular weight is 198 g/mol. The molecule has 2 rings (SSSR count). The molecular formula is C8H4ClNO3. The van der Waals surface area contributed by atoms with E-state index in [0.717, 1.165) is 0 Å². The molecule has 66 valence electrons. The fourth-order valence-electron chi connectivity index (χ4n) is 0.955. The van der Waals surface area contributed by atoms with Gasteiger partial charge in [-0.3, -0.25) is 4.79 Å². The third-order valence-electron chi connectivity index (χ3n) is 1.52. The van der Waals surface area contributed by atoms with Gasteiger partial charge in [-0.2, -0.15) is 0 Å². The molecule has 0 atom stereocenters. The molecule has 0 unspecified atom stereocenters. The van der Waals surface area contributed by atoms with E-state index >= 15 is 0 Å². The largest absolute Gasteiger partial charge is 0.441 e. The fourth-order valence-corrected chi connectivity index (χ4v) is 1.10. The molecule has 0 aliphatic rings. The number of aldehydes is 1. The first-order chi connectivity index (χ1) is 6.31. The summed E-state index contributed by atoms with van der Waals surface area (Å²) in [6.45, 7) is 0. The predicted octanol–water partition coefficient (Wildman–Crippen LogP) is 2.40. The van der Waals surface area contributed by atoms with Gasteiger partial charge in [-0.15, -0.1) is 0 Å². The van der Waals surface area contributed by atoms with Gasteiger partial charge in [0, 0.05) is 0 Å². The predicted molar refractivity (Wildman–Crippen MR) is 44.6 cm³/mol. The van der Waals surface area contributed by atoms with E-state index in [9.17, 15) is 4.79 Å². The van der Waals surface area contributed by atoms with Gasteiger partial charge in [0.05, 0.1) is 11.8 Å². The van der Waals surface area contributed by atoms with Crippen LogP contribution in [0.15, 0.2) is 27.3 Å². The summed E-state index contributed by atoms with van der Waals surface area (Å²) in [5.41, 5.74) is 0.339. The normalized spacial score (nSPS) is 10.2. The molecule has 0 amide bonds. The summed E-state index contributed by atoms with van der Waals surface area (Å²) in [5.74, 6) is 0.687. The van der Waals surface area contributed by atoms with Gasteiger partial charge in [-0.05, 0) is 23.7 Å². The Morgan fingerprint density at radius 3 is 2.92 bits per heavy atom. The van der Waals surface area contributed by atoms with E-state index < -0.39 is 0 Å². The standard InChI is InChI=1S/C8H4ClNO3/c9-7-2-1-6(12-7)8-5(4-11)3-10-13-8/h1-4H. The van der Waals surface area contributed by atoms with Crippen molar-refractivity contribution in [2.75, 3.05) is 0 Å². The molecule has 0 saturated carbocycles. The molecule has 0 bridgehead atoms. The zero-order chi connectivity index (χ0) is 9.26. The second-order valence-corrected chi connectivity index (χ2v) is 2.70. The van der Waals surface area contributed by atoms with Crippen LogP contribution in [0.2, 0.25) is 5.22 Å². The first kappa shape index (κ1) is 8.07. The zero-order valence-corrected chi connectivity index (χ0v) is 7.12. The maximum atomic E-state index is 10.5. The van der Waals surface area contributed by atoms with Crippen molar-refractivity contribution in [3.63, 3.8) is 0 Å². The Morgan fingerprint density at radius 1 is 1.46 bits per heavy atom. The molecule has 0 aliphatic carbocycles. The summed E-state index contributed by atoms with van der Waals surface area (Å²) in [6.07, 6.45) is 1.96. The van der Waals surface area contributed by atoms with Crippen molar-refractivity contribution in [1.29, 1.82) is 0 Å². The Kier molecular flexibility index (Phi) is 1.90. The summed E-state index contributed by atoms with van der Waals surface area (Å²) in [7, 11) is 0. The quantitative estimate of drug-likeness (QED) is 0.694. The van der Waals surface area contributed by atoms with Crippen molar-refractivity contribution < 1.29 is 13.7 Å². The van der Waals surface area contributed by atoms with E-state index in [0.29, 0.717) is 23.4 Å². The average Bonchev–Trinajstić information content (AvgIpc) is 2.71. The molecule has 13 heavy (non-hydrogen) atoms. The van der Waals surface area contributed by atoms with E-state index in [1.54, 1.807) is 12.1 Å². The van der Waals surface area contributed by atoms with Crippen molar-refractivity contribution >= 4 is 17.9 Å². The molecule has 2 aromatic heterocycles. The minimum atomic E-state index is 0.239. The topological polar surface area (TPSA) is 56.2 Å². The second kappa shape index (κ2) is 3.06. The summed E-state index contributed by atoms with van der Waals surface area (Å²) < 4.78 is 9.86. The van der Waals surface area contributed by atoms with Crippen LogP contribution in [-0.4, -0.2) is 11.4 Å². The highest BCUT2D eigenvalue weighted by Gasteiger charge is 2.13. The molecule has 0 fully saturated rings. The third kappa shape index (κ3) is 1.36. The minimum absolute atomic E-state index is 0.239. The number of hydrogen-bond donors (Lipinski definition) is 0. The number of halogens is 1. The van der Waals surface area contributed by atoms with Gasteiger partial charge < -0.3 is 8.94 Å². The van der Waals surface area contributed by atoms with Crippen molar-refractivity contribution in [1.82, 2.24) is 5.16 Å². The Labute approximate surface area is 78.1 Å². The van der Waals surface area contributed by atoms with Crippen LogP contribution >= 0.6 is 11.6 Å². The maximum Gasteiger partial charge on any atom is 0.212 e. The summed E-state index contributed by atoms with van der Waals surface area (Å²) in [4.78, 5) is 10.5. The lowest BCUT2D eigenvalue weighted by molar-refractivity contribution is 0.112. The number of hydrogen-bond acceptors (Lipinski definition) is 4. The molecular weight excluding hydrogens is 194 g/mol. The van der Waals surface area contributed by atoms with Crippen LogP contribution in [0.5, 0.6) is 0 Å². The van der Waals surface area contributed by atoms with E-state index in [2.05, 4.69) is 5.16 Å². The van der Waals surface area contributed by atoms with Crippen LogP contribution in [0.4, 0.5) is 0 Å². The molecule has 0 aliphatic heterocycles. The van der Waals surface area contributed by atoms with E-state index in [1.807, 2.05) is 0 Å². The van der Waals surface area contributed by atoms with Crippen molar-refractivity contribution in [2.24, 2.45) is 0 Å². The molecule has 4 nitrogen and oxygen atoms in total. The monoisotopic (exact) mass is 197 g/mol. The van der Waals surface area contributed by atoms with E-state index in [4.69, 9.17) is 20.5 Å². The SMILES string of the molecule is O=Cc1cnoc1-c1ccc(Cl)o1. The lowest BCUT2D eigenvalue weighted by atomic mass is 10.2. The minimum Gasteiger partial charge on any atom is -0.441 e. The van der Waals surface area contributed by atoms with Crippen molar-refractivity contribution in [3.05, 3.63) is 29.1 Å². The highest BCUT2D eigenvalue weighted by Crippen LogP contribution is 2.26. The molecule has 0 spiro atoms. The van der Waals surface area contributed by atoms with Crippen molar-refractivity contribution in [2.45, 2.75) is 0 Å². The number of carbonyl (C=O) groups is 1. The van der Waals surface area contributed by atoms with Crippen LogP contribution in [-0.2, 0) is 0 Å². The number of rotatable bonds is 2. The second-order valence-electron chi connectivity index (χ2n) is 2.33. The molecule has 0 saturated heterocycles.